The van der Waals surface area contributed by atoms with Gasteiger partial charge in [-0.2, -0.15) is 0 Å². The van der Waals surface area contributed by atoms with E-state index >= 15 is 0 Å². The average molecular weight is 260 g/mol. The summed E-state index contributed by atoms with van der Waals surface area (Å²) in [6.07, 6.45) is 3.42. The Morgan fingerprint density at radius 1 is 1.32 bits per heavy atom. The Labute approximate surface area is 113 Å². The molecule has 1 aliphatic heterocycles. The normalized spacial score (nSPS) is 29.2. The molecule has 1 fully saturated rings. The SMILES string of the molecule is NC[C@H]1CC[C@@H](C(=O)NC2CCc3ccccc32)O1. The molecule has 0 spiro atoms. The zero-order valence-corrected chi connectivity index (χ0v) is 11.0. The maximum Gasteiger partial charge on any atom is 0.249 e. The number of rotatable bonds is 3. The number of carbonyl (C=O) groups is 1. The molecule has 1 aromatic carbocycles. The molecule has 19 heavy (non-hydrogen) atoms. The lowest BCUT2D eigenvalue weighted by molar-refractivity contribution is -0.132. The first-order chi connectivity index (χ1) is 9.28. The summed E-state index contributed by atoms with van der Waals surface area (Å²) >= 11 is 0. The van der Waals surface area contributed by atoms with Gasteiger partial charge in [0.05, 0.1) is 12.1 Å². The van der Waals surface area contributed by atoms with Crippen LogP contribution in [-0.2, 0) is 16.0 Å². The van der Waals surface area contributed by atoms with Gasteiger partial charge in [0, 0.05) is 6.54 Å². The number of nitrogens with one attached hydrogen (secondary N) is 1. The van der Waals surface area contributed by atoms with Gasteiger partial charge in [0.2, 0.25) is 5.91 Å². The maximum atomic E-state index is 12.2. The standard InChI is InChI=1S/C15H20N2O2/c16-9-11-6-8-14(19-11)15(18)17-13-7-5-10-3-1-2-4-12(10)13/h1-4,11,13-14H,5-9,16H2,(H,17,18)/t11-,13?,14+/m1/s1. The highest BCUT2D eigenvalue weighted by Crippen LogP contribution is 2.31. The number of aryl methyl sites for hydroxylation is 1. The highest BCUT2D eigenvalue weighted by Gasteiger charge is 2.32. The Hall–Kier alpha value is -1.39. The molecule has 1 amide bonds. The van der Waals surface area contributed by atoms with Gasteiger partial charge in [-0.25, -0.2) is 0 Å². The van der Waals surface area contributed by atoms with E-state index in [1.807, 2.05) is 6.07 Å². The van der Waals surface area contributed by atoms with Crippen molar-refractivity contribution in [3.8, 4) is 0 Å². The number of fused-ring (bicyclic) bond motifs is 1. The summed E-state index contributed by atoms with van der Waals surface area (Å²) < 4.78 is 5.63. The summed E-state index contributed by atoms with van der Waals surface area (Å²) in [7, 11) is 0. The van der Waals surface area contributed by atoms with E-state index in [-0.39, 0.29) is 24.2 Å². The second kappa shape index (κ2) is 5.31. The molecule has 1 aromatic rings. The van der Waals surface area contributed by atoms with E-state index in [9.17, 15) is 4.79 Å². The molecule has 1 aliphatic carbocycles. The molecular weight excluding hydrogens is 240 g/mol. The lowest BCUT2D eigenvalue weighted by Gasteiger charge is -2.18. The molecule has 2 aliphatic rings. The zero-order chi connectivity index (χ0) is 13.2. The van der Waals surface area contributed by atoms with Crippen LogP contribution in [0.2, 0.25) is 0 Å². The number of hydrogen-bond acceptors (Lipinski definition) is 3. The molecule has 0 saturated carbocycles. The average Bonchev–Trinajstić information content (AvgIpc) is 3.06. The Bertz CT molecular complexity index is 475. The van der Waals surface area contributed by atoms with Crippen LogP contribution in [0.3, 0.4) is 0 Å². The maximum absolute atomic E-state index is 12.2. The molecule has 102 valence electrons. The van der Waals surface area contributed by atoms with Crippen molar-refractivity contribution in [1.82, 2.24) is 5.32 Å². The van der Waals surface area contributed by atoms with E-state index in [1.54, 1.807) is 0 Å². The number of hydrogen-bond donors (Lipinski definition) is 2. The largest absolute Gasteiger partial charge is 0.364 e. The third-order valence-corrected chi connectivity index (χ3v) is 4.11. The van der Waals surface area contributed by atoms with E-state index < -0.39 is 0 Å². The van der Waals surface area contributed by atoms with Gasteiger partial charge >= 0.3 is 0 Å². The van der Waals surface area contributed by atoms with Crippen molar-refractivity contribution < 1.29 is 9.53 Å². The summed E-state index contributed by atoms with van der Waals surface area (Å²) in [5.74, 6) is 0.0117. The fraction of sp³-hybridized carbons (Fsp3) is 0.533. The molecule has 0 bridgehead atoms. The van der Waals surface area contributed by atoms with Crippen LogP contribution in [-0.4, -0.2) is 24.7 Å². The van der Waals surface area contributed by atoms with Crippen molar-refractivity contribution in [3.63, 3.8) is 0 Å². The topological polar surface area (TPSA) is 64.4 Å². The van der Waals surface area contributed by atoms with Gasteiger partial charge in [0.15, 0.2) is 0 Å². The molecule has 0 aromatic heterocycles. The number of carbonyl (C=O) groups excluding carboxylic acids is 1. The van der Waals surface area contributed by atoms with Crippen molar-refractivity contribution in [2.45, 2.75) is 43.9 Å². The fourth-order valence-electron chi connectivity index (χ4n) is 3.04. The molecule has 3 rings (SSSR count). The number of nitrogens with two attached hydrogens (primary N) is 1. The Kier molecular flexibility index (Phi) is 3.53. The Balaban J connectivity index is 1.62. The Morgan fingerprint density at radius 2 is 2.16 bits per heavy atom. The summed E-state index contributed by atoms with van der Waals surface area (Å²) in [6.45, 7) is 0.496. The molecule has 4 heteroatoms. The first-order valence-electron chi connectivity index (χ1n) is 7.01. The van der Waals surface area contributed by atoms with Gasteiger partial charge in [-0.15, -0.1) is 0 Å². The second-order valence-electron chi connectivity index (χ2n) is 5.36. The molecule has 3 atom stereocenters. The minimum Gasteiger partial charge on any atom is -0.364 e. The summed E-state index contributed by atoms with van der Waals surface area (Å²) in [6, 6.07) is 8.46. The zero-order valence-electron chi connectivity index (χ0n) is 11.0. The number of benzene rings is 1. The predicted molar refractivity (Wildman–Crippen MR) is 72.6 cm³/mol. The predicted octanol–water partition coefficient (Wildman–Crippen LogP) is 1.30. The minimum absolute atomic E-state index is 0.0117. The van der Waals surface area contributed by atoms with Gasteiger partial charge < -0.3 is 15.8 Å². The highest BCUT2D eigenvalue weighted by molar-refractivity contribution is 5.81. The summed E-state index contributed by atoms with van der Waals surface area (Å²) in [5, 5.41) is 3.12. The minimum atomic E-state index is -0.318. The number of amides is 1. The monoisotopic (exact) mass is 260 g/mol. The van der Waals surface area contributed by atoms with E-state index in [2.05, 4.69) is 23.5 Å². The van der Waals surface area contributed by atoms with Gasteiger partial charge in [-0.1, -0.05) is 24.3 Å². The quantitative estimate of drug-likeness (QED) is 0.861. The van der Waals surface area contributed by atoms with E-state index in [4.69, 9.17) is 10.5 Å². The van der Waals surface area contributed by atoms with Crippen LogP contribution in [0.25, 0.3) is 0 Å². The molecular formula is C15H20N2O2. The number of ether oxygens (including phenoxy) is 1. The fourth-order valence-corrected chi connectivity index (χ4v) is 3.04. The summed E-state index contributed by atoms with van der Waals surface area (Å²) in [4.78, 5) is 12.2. The third kappa shape index (κ3) is 2.51. The van der Waals surface area contributed by atoms with Crippen molar-refractivity contribution >= 4 is 5.91 Å². The van der Waals surface area contributed by atoms with Crippen molar-refractivity contribution in [1.29, 1.82) is 0 Å². The van der Waals surface area contributed by atoms with Gasteiger partial charge in [0.1, 0.15) is 6.10 Å². The van der Waals surface area contributed by atoms with Crippen LogP contribution in [0.1, 0.15) is 36.4 Å². The van der Waals surface area contributed by atoms with Crippen LogP contribution < -0.4 is 11.1 Å². The molecule has 3 N–H and O–H groups in total. The van der Waals surface area contributed by atoms with E-state index in [1.165, 1.54) is 11.1 Å². The van der Waals surface area contributed by atoms with Crippen molar-refractivity contribution in [3.05, 3.63) is 35.4 Å². The van der Waals surface area contributed by atoms with Crippen LogP contribution in [0, 0.1) is 0 Å². The lowest BCUT2D eigenvalue weighted by atomic mass is 10.1. The van der Waals surface area contributed by atoms with Crippen molar-refractivity contribution in [2.75, 3.05) is 6.54 Å². The van der Waals surface area contributed by atoms with Gasteiger partial charge in [0.25, 0.3) is 0 Å². The third-order valence-electron chi connectivity index (χ3n) is 4.11. The molecule has 0 radical (unpaired) electrons. The van der Waals surface area contributed by atoms with Gasteiger partial charge in [-0.05, 0) is 36.8 Å². The van der Waals surface area contributed by atoms with Crippen LogP contribution in [0.5, 0.6) is 0 Å². The highest BCUT2D eigenvalue weighted by atomic mass is 16.5. The lowest BCUT2D eigenvalue weighted by Crippen LogP contribution is -2.37. The molecule has 1 saturated heterocycles. The second-order valence-corrected chi connectivity index (χ2v) is 5.36. The summed E-state index contributed by atoms with van der Waals surface area (Å²) in [5.41, 5.74) is 8.17. The van der Waals surface area contributed by atoms with Gasteiger partial charge in [-0.3, -0.25) is 4.79 Å². The van der Waals surface area contributed by atoms with Crippen LogP contribution >= 0.6 is 0 Å². The van der Waals surface area contributed by atoms with E-state index in [0.717, 1.165) is 25.7 Å². The van der Waals surface area contributed by atoms with E-state index in [0.29, 0.717) is 6.54 Å². The Morgan fingerprint density at radius 3 is 2.95 bits per heavy atom. The molecule has 4 nitrogen and oxygen atoms in total. The molecule has 1 heterocycles. The molecule has 1 unspecified atom stereocenters. The first-order valence-corrected chi connectivity index (χ1v) is 7.01. The van der Waals surface area contributed by atoms with Crippen LogP contribution in [0.4, 0.5) is 0 Å². The van der Waals surface area contributed by atoms with Crippen molar-refractivity contribution in [2.24, 2.45) is 5.73 Å². The van der Waals surface area contributed by atoms with Crippen LogP contribution in [0.15, 0.2) is 24.3 Å². The smallest absolute Gasteiger partial charge is 0.249 e. The first kappa shape index (κ1) is 12.6.